The van der Waals surface area contributed by atoms with Gasteiger partial charge in [0.05, 0.1) is 0 Å². The molecule has 1 aliphatic rings. The fourth-order valence-corrected chi connectivity index (χ4v) is 3.24. The second kappa shape index (κ2) is 5.40. The van der Waals surface area contributed by atoms with E-state index in [-0.39, 0.29) is 5.56 Å². The summed E-state index contributed by atoms with van der Waals surface area (Å²) in [6.07, 6.45) is 6.87. The molecule has 1 aliphatic carbocycles. The Kier molecular flexibility index (Phi) is 3.61. The van der Waals surface area contributed by atoms with Gasteiger partial charge in [-0.3, -0.25) is 9.89 Å². The maximum atomic E-state index is 12.5. The van der Waals surface area contributed by atoms with Gasteiger partial charge >= 0.3 is 0 Å². The van der Waals surface area contributed by atoms with Gasteiger partial charge in [-0.1, -0.05) is 19.3 Å². The first kappa shape index (κ1) is 13.4. The summed E-state index contributed by atoms with van der Waals surface area (Å²) in [5.74, 6) is 0.545. The summed E-state index contributed by atoms with van der Waals surface area (Å²) in [6, 6.07) is 2.04. The Balaban J connectivity index is 2.06. The van der Waals surface area contributed by atoms with Crippen LogP contribution in [-0.2, 0) is 6.42 Å². The number of rotatable bonds is 3. The fraction of sp³-hybridized carbons (Fsp3) is 0.600. The fourth-order valence-electron chi connectivity index (χ4n) is 3.24. The van der Waals surface area contributed by atoms with Gasteiger partial charge in [0, 0.05) is 28.9 Å². The van der Waals surface area contributed by atoms with Crippen LogP contribution < -0.4 is 11.3 Å². The van der Waals surface area contributed by atoms with Gasteiger partial charge in [-0.05, 0) is 32.7 Å². The first-order valence-electron chi connectivity index (χ1n) is 7.52. The van der Waals surface area contributed by atoms with Crippen molar-refractivity contribution in [2.75, 3.05) is 6.54 Å². The van der Waals surface area contributed by atoms with Crippen molar-refractivity contribution in [1.29, 1.82) is 0 Å². The average Bonchev–Trinajstić information content (AvgIpc) is 2.88. The molecule has 108 valence electrons. The molecule has 0 unspecified atom stereocenters. The van der Waals surface area contributed by atoms with E-state index in [0.717, 1.165) is 22.6 Å². The van der Waals surface area contributed by atoms with Crippen LogP contribution in [0.15, 0.2) is 10.9 Å². The van der Waals surface area contributed by atoms with Crippen LogP contribution in [-0.4, -0.2) is 21.1 Å². The Hall–Kier alpha value is -1.62. The molecule has 0 atom stereocenters. The molecule has 0 amide bonds. The summed E-state index contributed by atoms with van der Waals surface area (Å²) in [5.41, 5.74) is 8.98. The van der Waals surface area contributed by atoms with E-state index in [9.17, 15) is 4.79 Å². The topological polar surface area (TPSA) is 76.2 Å². The lowest BCUT2D eigenvalue weighted by molar-refractivity contribution is 0.435. The molecule has 1 fully saturated rings. The molecule has 0 spiro atoms. The second-order valence-electron chi connectivity index (χ2n) is 5.76. The number of nitrogens with zero attached hydrogens (tertiary/aromatic N) is 2. The van der Waals surface area contributed by atoms with E-state index in [1.54, 1.807) is 4.52 Å². The van der Waals surface area contributed by atoms with E-state index >= 15 is 0 Å². The average molecular weight is 274 g/mol. The molecule has 5 nitrogen and oxygen atoms in total. The van der Waals surface area contributed by atoms with Gasteiger partial charge in [0.15, 0.2) is 5.65 Å². The van der Waals surface area contributed by atoms with Crippen LogP contribution in [0.4, 0.5) is 0 Å². The second-order valence-corrected chi connectivity index (χ2v) is 5.76. The van der Waals surface area contributed by atoms with Crippen molar-refractivity contribution < 1.29 is 0 Å². The van der Waals surface area contributed by atoms with Crippen molar-refractivity contribution in [3.05, 3.63) is 33.4 Å². The van der Waals surface area contributed by atoms with Gasteiger partial charge in [0.1, 0.15) is 0 Å². The summed E-state index contributed by atoms with van der Waals surface area (Å²) >= 11 is 0. The highest BCUT2D eigenvalue weighted by Crippen LogP contribution is 2.31. The van der Waals surface area contributed by atoms with Crippen molar-refractivity contribution in [3.8, 4) is 0 Å². The number of nitrogens with two attached hydrogens (primary N) is 1. The predicted molar refractivity (Wildman–Crippen MR) is 79.1 cm³/mol. The summed E-state index contributed by atoms with van der Waals surface area (Å²) < 4.78 is 1.59. The standard InChI is InChI=1S/C15H22N4O/c1-10-12(7-8-16)15(20)19-14(17-10)9-13(18-19)11-5-3-2-4-6-11/h9,11,18H,2-8,16H2,1H3. The zero-order chi connectivity index (χ0) is 14.1. The van der Waals surface area contributed by atoms with Gasteiger partial charge in [-0.2, -0.15) is 0 Å². The van der Waals surface area contributed by atoms with E-state index in [0.29, 0.717) is 18.9 Å². The number of H-pyrrole nitrogens is 1. The van der Waals surface area contributed by atoms with E-state index in [1.807, 2.05) is 13.0 Å². The molecular weight excluding hydrogens is 252 g/mol. The molecule has 0 aromatic carbocycles. The largest absolute Gasteiger partial charge is 0.330 e. The minimum Gasteiger partial charge on any atom is -0.330 e. The Morgan fingerprint density at radius 3 is 2.85 bits per heavy atom. The monoisotopic (exact) mass is 274 g/mol. The molecule has 2 aromatic rings. The maximum absolute atomic E-state index is 12.5. The van der Waals surface area contributed by atoms with Crippen molar-refractivity contribution in [3.63, 3.8) is 0 Å². The summed E-state index contributed by atoms with van der Waals surface area (Å²) in [7, 11) is 0. The molecule has 0 radical (unpaired) electrons. The van der Waals surface area contributed by atoms with Crippen molar-refractivity contribution in [1.82, 2.24) is 14.6 Å². The van der Waals surface area contributed by atoms with Gasteiger partial charge in [-0.25, -0.2) is 9.50 Å². The van der Waals surface area contributed by atoms with Crippen molar-refractivity contribution in [2.45, 2.75) is 51.4 Å². The van der Waals surface area contributed by atoms with Crippen molar-refractivity contribution >= 4 is 5.65 Å². The molecule has 20 heavy (non-hydrogen) atoms. The number of hydrogen-bond donors (Lipinski definition) is 2. The summed E-state index contributed by atoms with van der Waals surface area (Å²) in [5, 5.41) is 3.26. The smallest absolute Gasteiger partial charge is 0.276 e. The molecule has 5 heteroatoms. The van der Waals surface area contributed by atoms with E-state index in [1.165, 1.54) is 32.1 Å². The van der Waals surface area contributed by atoms with Crippen LogP contribution in [0.2, 0.25) is 0 Å². The van der Waals surface area contributed by atoms with Crippen LogP contribution in [0.25, 0.3) is 5.65 Å². The lowest BCUT2D eigenvalue weighted by Gasteiger charge is -2.19. The molecule has 3 rings (SSSR count). The Bertz CT molecular complexity index is 664. The highest BCUT2D eigenvalue weighted by molar-refractivity contribution is 5.42. The van der Waals surface area contributed by atoms with Gasteiger partial charge < -0.3 is 5.73 Å². The number of aromatic amines is 1. The molecule has 0 bridgehead atoms. The van der Waals surface area contributed by atoms with Crippen LogP contribution >= 0.6 is 0 Å². The zero-order valence-electron chi connectivity index (χ0n) is 12.0. The van der Waals surface area contributed by atoms with Gasteiger partial charge in [0.25, 0.3) is 5.56 Å². The molecule has 0 saturated heterocycles. The molecule has 2 aromatic heterocycles. The minimum atomic E-state index is 0.00000874. The molecule has 2 heterocycles. The number of fused-ring (bicyclic) bond motifs is 1. The van der Waals surface area contributed by atoms with Crippen molar-refractivity contribution in [2.24, 2.45) is 5.73 Å². The minimum absolute atomic E-state index is 0.00000874. The van der Waals surface area contributed by atoms with Crippen LogP contribution in [0.5, 0.6) is 0 Å². The normalized spacial score (nSPS) is 16.9. The van der Waals surface area contributed by atoms with Gasteiger partial charge in [0.2, 0.25) is 0 Å². The first-order valence-corrected chi connectivity index (χ1v) is 7.52. The quantitative estimate of drug-likeness (QED) is 0.897. The third-order valence-electron chi connectivity index (χ3n) is 4.37. The number of nitrogens with one attached hydrogen (secondary N) is 1. The number of hydrogen-bond acceptors (Lipinski definition) is 3. The summed E-state index contributed by atoms with van der Waals surface area (Å²) in [4.78, 5) is 17.0. The maximum Gasteiger partial charge on any atom is 0.276 e. The predicted octanol–water partition coefficient (Wildman–Crippen LogP) is 1.88. The van der Waals surface area contributed by atoms with Crippen LogP contribution in [0.3, 0.4) is 0 Å². The van der Waals surface area contributed by atoms with E-state index < -0.39 is 0 Å². The Labute approximate surface area is 118 Å². The Morgan fingerprint density at radius 1 is 1.40 bits per heavy atom. The molecule has 1 saturated carbocycles. The highest BCUT2D eigenvalue weighted by atomic mass is 16.1. The number of aryl methyl sites for hydroxylation is 1. The third kappa shape index (κ3) is 2.26. The lowest BCUT2D eigenvalue weighted by atomic mass is 9.87. The zero-order valence-corrected chi connectivity index (χ0v) is 12.0. The highest BCUT2D eigenvalue weighted by Gasteiger charge is 2.19. The summed E-state index contributed by atoms with van der Waals surface area (Å²) in [6.45, 7) is 2.36. The third-order valence-corrected chi connectivity index (χ3v) is 4.37. The molecule has 3 N–H and O–H groups in total. The van der Waals surface area contributed by atoms with E-state index in [4.69, 9.17) is 5.73 Å². The van der Waals surface area contributed by atoms with Crippen LogP contribution in [0.1, 0.15) is 55.0 Å². The lowest BCUT2D eigenvalue weighted by Crippen LogP contribution is -2.24. The molecule has 0 aliphatic heterocycles. The van der Waals surface area contributed by atoms with E-state index in [2.05, 4.69) is 10.1 Å². The first-order chi connectivity index (χ1) is 9.70. The van der Waals surface area contributed by atoms with Crippen LogP contribution in [0, 0.1) is 6.92 Å². The molecular formula is C15H22N4O. The van der Waals surface area contributed by atoms with Gasteiger partial charge in [-0.15, -0.1) is 0 Å². The SMILES string of the molecule is Cc1nc2cc(C3CCCCC3)[nH]n2c(=O)c1CCN. The Morgan fingerprint density at radius 2 is 2.15 bits per heavy atom. The number of aromatic nitrogens is 3.